The molecule has 0 bridgehead atoms. The molecule has 0 aliphatic carbocycles. The summed E-state index contributed by atoms with van der Waals surface area (Å²) in [4.78, 5) is 10.0. The number of hydrogen-bond donors (Lipinski definition) is 2. The van der Waals surface area contributed by atoms with Crippen LogP contribution in [0.4, 0.5) is 6.01 Å². The number of nitrogens with one attached hydrogen (secondary N) is 2. The van der Waals surface area contributed by atoms with Gasteiger partial charge in [-0.2, -0.15) is 5.10 Å². The van der Waals surface area contributed by atoms with Crippen molar-refractivity contribution >= 4 is 22.6 Å². The van der Waals surface area contributed by atoms with E-state index < -0.39 is 0 Å². The minimum absolute atomic E-state index is 0.532. The van der Waals surface area contributed by atoms with E-state index in [9.17, 15) is 0 Å². The fourth-order valence-corrected chi connectivity index (χ4v) is 4.31. The number of aryl methyl sites for hydroxylation is 2. The van der Waals surface area contributed by atoms with Crippen molar-refractivity contribution in [1.29, 1.82) is 0 Å². The Morgan fingerprint density at radius 3 is 2.77 bits per heavy atom. The van der Waals surface area contributed by atoms with Crippen LogP contribution >= 0.6 is 0 Å². The molecule has 1 aliphatic rings. The highest BCUT2D eigenvalue weighted by atomic mass is 16.4. The summed E-state index contributed by atoms with van der Waals surface area (Å²) in [5.74, 6) is 0.532. The second-order valence-electron chi connectivity index (χ2n) is 7.95. The number of hydrogen-bond acceptors (Lipinski definition) is 7. The first-order valence-corrected chi connectivity index (χ1v) is 10.4. The van der Waals surface area contributed by atoms with Crippen LogP contribution in [-0.2, 0) is 0 Å². The molecule has 1 aromatic carbocycles. The van der Waals surface area contributed by atoms with Gasteiger partial charge in [-0.3, -0.25) is 0 Å². The van der Waals surface area contributed by atoms with E-state index in [1.54, 1.807) is 6.33 Å². The second-order valence-corrected chi connectivity index (χ2v) is 7.95. The summed E-state index contributed by atoms with van der Waals surface area (Å²) in [6.45, 7) is 7.77. The molecule has 31 heavy (non-hydrogen) atoms. The lowest BCUT2D eigenvalue weighted by Gasteiger charge is -2.24. The maximum absolute atomic E-state index is 5.98. The average Bonchev–Trinajstić information content (AvgIpc) is 3.53. The minimum atomic E-state index is 0.532. The molecule has 0 spiro atoms. The van der Waals surface area contributed by atoms with Gasteiger partial charge in [0.15, 0.2) is 5.65 Å². The maximum Gasteiger partial charge on any atom is 0.318 e. The zero-order valence-corrected chi connectivity index (χ0v) is 17.4. The fraction of sp³-hybridized carbons (Fsp3) is 0.273. The van der Waals surface area contributed by atoms with Crippen LogP contribution in [-0.4, -0.2) is 56.0 Å². The van der Waals surface area contributed by atoms with Crippen LogP contribution in [0.2, 0.25) is 0 Å². The van der Waals surface area contributed by atoms with E-state index in [-0.39, 0.29) is 0 Å². The largest absolute Gasteiger partial charge is 0.403 e. The number of pyridine rings is 1. The van der Waals surface area contributed by atoms with Gasteiger partial charge in [0, 0.05) is 54.4 Å². The van der Waals surface area contributed by atoms with Crippen LogP contribution in [0.25, 0.3) is 39.3 Å². The van der Waals surface area contributed by atoms with Crippen molar-refractivity contribution in [3.63, 3.8) is 0 Å². The predicted octanol–water partition coefficient (Wildman–Crippen LogP) is 2.95. The van der Waals surface area contributed by atoms with Gasteiger partial charge in [-0.25, -0.2) is 9.50 Å². The van der Waals surface area contributed by atoms with Crippen LogP contribution < -0.4 is 10.2 Å². The van der Waals surface area contributed by atoms with Crippen molar-refractivity contribution in [3.8, 4) is 22.7 Å². The molecule has 0 atom stereocenters. The van der Waals surface area contributed by atoms with Crippen molar-refractivity contribution < 1.29 is 4.42 Å². The molecule has 0 unspecified atom stereocenters. The zero-order valence-electron chi connectivity index (χ0n) is 17.4. The van der Waals surface area contributed by atoms with Crippen LogP contribution in [0, 0.1) is 13.8 Å². The molecule has 5 aromatic rings. The molecule has 0 amide bonds. The van der Waals surface area contributed by atoms with E-state index in [4.69, 9.17) is 4.42 Å². The van der Waals surface area contributed by atoms with Crippen molar-refractivity contribution in [2.45, 2.75) is 13.8 Å². The lowest BCUT2D eigenvalue weighted by atomic mass is 10.1. The molecular weight excluding hydrogens is 392 g/mol. The predicted molar refractivity (Wildman–Crippen MR) is 118 cm³/mol. The van der Waals surface area contributed by atoms with Gasteiger partial charge in [0.1, 0.15) is 6.33 Å². The summed E-state index contributed by atoms with van der Waals surface area (Å²) < 4.78 is 7.79. The average molecular weight is 414 g/mol. The summed E-state index contributed by atoms with van der Waals surface area (Å²) in [6.07, 6.45) is 3.58. The Balaban J connectivity index is 1.39. The van der Waals surface area contributed by atoms with Crippen LogP contribution in [0.15, 0.2) is 41.2 Å². The first kappa shape index (κ1) is 18.1. The van der Waals surface area contributed by atoms with Gasteiger partial charge in [-0.15, -0.1) is 5.10 Å². The van der Waals surface area contributed by atoms with Gasteiger partial charge in [0.2, 0.25) is 5.89 Å². The van der Waals surface area contributed by atoms with E-state index in [1.807, 2.05) is 16.8 Å². The quantitative estimate of drug-likeness (QED) is 0.468. The Morgan fingerprint density at radius 1 is 1.03 bits per heavy atom. The molecule has 1 fully saturated rings. The number of rotatable bonds is 3. The number of H-pyrrole nitrogens is 1. The third-order valence-electron chi connectivity index (χ3n) is 5.95. The lowest BCUT2D eigenvalue weighted by Crippen LogP contribution is -2.43. The molecule has 9 nitrogen and oxygen atoms in total. The highest BCUT2D eigenvalue weighted by Crippen LogP contribution is 2.33. The molecular formula is C22H22N8O. The third-order valence-corrected chi connectivity index (χ3v) is 5.95. The van der Waals surface area contributed by atoms with E-state index in [0.29, 0.717) is 11.9 Å². The van der Waals surface area contributed by atoms with Gasteiger partial charge in [-0.05, 0) is 43.2 Å². The smallest absolute Gasteiger partial charge is 0.318 e. The van der Waals surface area contributed by atoms with Gasteiger partial charge in [0.05, 0.1) is 5.69 Å². The monoisotopic (exact) mass is 414 g/mol. The number of anilines is 1. The van der Waals surface area contributed by atoms with E-state index in [1.165, 1.54) is 5.56 Å². The van der Waals surface area contributed by atoms with E-state index in [0.717, 1.165) is 65.1 Å². The van der Waals surface area contributed by atoms with Crippen molar-refractivity contribution in [3.05, 3.63) is 47.9 Å². The minimum Gasteiger partial charge on any atom is -0.403 e. The number of piperazine rings is 1. The summed E-state index contributed by atoms with van der Waals surface area (Å²) >= 11 is 0. The van der Waals surface area contributed by atoms with Gasteiger partial charge < -0.3 is 19.6 Å². The molecule has 0 radical (unpaired) electrons. The SMILES string of the molecule is Cc1c(-c2cc(C)c3ncnn3c2)[nH]c2cc(-c3nnc(N4CCNCC4)o3)ccc12. The maximum atomic E-state index is 5.98. The van der Waals surface area contributed by atoms with Crippen molar-refractivity contribution in [2.24, 2.45) is 0 Å². The van der Waals surface area contributed by atoms with Crippen LogP contribution in [0.5, 0.6) is 0 Å². The molecule has 5 heterocycles. The Bertz CT molecular complexity index is 1410. The second kappa shape index (κ2) is 6.92. The van der Waals surface area contributed by atoms with Crippen LogP contribution in [0.1, 0.15) is 11.1 Å². The number of aromatic amines is 1. The Hall–Kier alpha value is -3.72. The van der Waals surface area contributed by atoms with E-state index >= 15 is 0 Å². The first-order chi connectivity index (χ1) is 15.2. The number of aromatic nitrogens is 6. The molecule has 6 rings (SSSR count). The molecule has 1 aliphatic heterocycles. The summed E-state index contributed by atoms with van der Waals surface area (Å²) in [5, 5.41) is 17.3. The highest BCUT2D eigenvalue weighted by Gasteiger charge is 2.19. The summed E-state index contributed by atoms with van der Waals surface area (Å²) in [7, 11) is 0. The Kier molecular flexibility index (Phi) is 4.03. The molecule has 156 valence electrons. The van der Waals surface area contributed by atoms with E-state index in [2.05, 4.69) is 67.5 Å². The molecule has 1 saturated heterocycles. The lowest BCUT2D eigenvalue weighted by molar-refractivity contribution is 0.505. The zero-order chi connectivity index (χ0) is 20.9. The molecule has 0 saturated carbocycles. The molecule has 4 aromatic heterocycles. The van der Waals surface area contributed by atoms with Gasteiger partial charge in [0.25, 0.3) is 0 Å². The Morgan fingerprint density at radius 2 is 1.90 bits per heavy atom. The summed E-state index contributed by atoms with van der Waals surface area (Å²) in [5.41, 5.74) is 7.22. The number of benzene rings is 1. The Labute approximate surface area is 178 Å². The number of fused-ring (bicyclic) bond motifs is 2. The van der Waals surface area contributed by atoms with Crippen molar-refractivity contribution in [2.75, 3.05) is 31.1 Å². The number of nitrogens with zero attached hydrogens (tertiary/aromatic N) is 6. The first-order valence-electron chi connectivity index (χ1n) is 10.4. The van der Waals surface area contributed by atoms with Gasteiger partial charge in [-0.1, -0.05) is 11.2 Å². The highest BCUT2D eigenvalue weighted by molar-refractivity contribution is 5.92. The van der Waals surface area contributed by atoms with Crippen LogP contribution in [0.3, 0.4) is 0 Å². The standard InChI is InChI=1S/C22H22N8O/c1-13-9-16(11-30-20(13)24-12-25-30)19-14(2)17-4-3-15(10-18(17)26-19)21-27-28-22(31-21)29-7-5-23-6-8-29/h3-4,9-12,23,26H,5-8H2,1-2H3. The van der Waals surface area contributed by atoms with Gasteiger partial charge >= 0.3 is 6.01 Å². The normalized spacial score (nSPS) is 14.7. The topological polar surface area (TPSA) is 100 Å². The molecule has 2 N–H and O–H groups in total. The summed E-state index contributed by atoms with van der Waals surface area (Å²) in [6, 6.07) is 8.93. The molecule has 9 heteroatoms. The third kappa shape index (κ3) is 2.97. The fourth-order valence-electron chi connectivity index (χ4n) is 4.31. The van der Waals surface area contributed by atoms with Crippen molar-refractivity contribution in [1.82, 2.24) is 35.1 Å².